The summed E-state index contributed by atoms with van der Waals surface area (Å²) < 4.78 is 0. The van der Waals surface area contributed by atoms with E-state index in [1.807, 2.05) is 0 Å². The van der Waals surface area contributed by atoms with E-state index in [0.29, 0.717) is 35.0 Å². The Kier molecular flexibility index (Phi) is 5.02. The van der Waals surface area contributed by atoms with Gasteiger partial charge in [0.15, 0.2) is 0 Å². The van der Waals surface area contributed by atoms with Crippen LogP contribution in [-0.4, -0.2) is 22.4 Å². The predicted molar refractivity (Wildman–Crippen MR) is 132 cm³/mol. The Morgan fingerprint density at radius 1 is 0.812 bits per heavy atom. The second-order valence-corrected chi connectivity index (χ2v) is 14.9. The highest BCUT2D eigenvalue weighted by molar-refractivity contribution is 5.22. The van der Waals surface area contributed by atoms with Crippen LogP contribution in [0.1, 0.15) is 106 Å². The zero-order valence-corrected chi connectivity index (χ0v) is 22.0. The first kappa shape index (κ1) is 23.4. The van der Waals surface area contributed by atoms with Crippen molar-refractivity contribution in [2.75, 3.05) is 0 Å². The predicted octanol–water partition coefficient (Wildman–Crippen LogP) is 7.00. The van der Waals surface area contributed by atoms with Crippen LogP contribution in [0.4, 0.5) is 0 Å². The third-order valence-corrected chi connectivity index (χ3v) is 13.4. The van der Waals surface area contributed by atoms with Crippen molar-refractivity contribution in [1.82, 2.24) is 0 Å². The van der Waals surface area contributed by atoms with Crippen LogP contribution in [0, 0.1) is 56.7 Å². The molecule has 32 heavy (non-hydrogen) atoms. The molecule has 11 unspecified atom stereocenters. The summed E-state index contributed by atoms with van der Waals surface area (Å²) in [7, 11) is 0. The summed E-state index contributed by atoms with van der Waals surface area (Å²) in [6.07, 6.45) is 10.2. The Labute approximate surface area is 197 Å². The lowest BCUT2D eigenvalue weighted by Gasteiger charge is -2.73. The molecule has 0 heterocycles. The van der Waals surface area contributed by atoms with Gasteiger partial charge in [-0.25, -0.2) is 0 Å². The van der Waals surface area contributed by atoms with Crippen molar-refractivity contribution in [1.29, 1.82) is 0 Å². The zero-order chi connectivity index (χ0) is 23.5. The molecule has 11 atom stereocenters. The highest BCUT2D eigenvalue weighted by atomic mass is 16.3. The molecule has 2 nitrogen and oxygen atoms in total. The number of aliphatic hydroxyl groups excluding tert-OH is 2. The summed E-state index contributed by atoms with van der Waals surface area (Å²) in [5.41, 5.74) is 2.31. The number of hydrogen-bond donors (Lipinski definition) is 2. The van der Waals surface area contributed by atoms with Gasteiger partial charge in [0, 0.05) is 0 Å². The number of allylic oxidation sites excluding steroid dienone is 1. The molecule has 0 bridgehead atoms. The summed E-state index contributed by atoms with van der Waals surface area (Å²) in [5, 5.41) is 22.9. The van der Waals surface area contributed by atoms with Crippen LogP contribution >= 0.6 is 0 Å². The molecule has 0 aromatic rings. The second kappa shape index (κ2) is 6.87. The van der Waals surface area contributed by atoms with Crippen LogP contribution in [0.25, 0.3) is 0 Å². The lowest BCUT2D eigenvalue weighted by molar-refractivity contribution is -0.275. The summed E-state index contributed by atoms with van der Waals surface area (Å²) in [4.78, 5) is 0. The van der Waals surface area contributed by atoms with E-state index in [4.69, 9.17) is 0 Å². The van der Waals surface area contributed by atoms with E-state index in [-0.39, 0.29) is 33.9 Å². The summed E-state index contributed by atoms with van der Waals surface area (Å²) in [6.45, 7) is 21.6. The lowest BCUT2D eigenvalue weighted by atomic mass is 9.32. The van der Waals surface area contributed by atoms with Gasteiger partial charge in [0.25, 0.3) is 0 Å². The van der Waals surface area contributed by atoms with Crippen molar-refractivity contribution < 1.29 is 10.2 Å². The minimum Gasteiger partial charge on any atom is -0.393 e. The minimum absolute atomic E-state index is 0.0621. The van der Waals surface area contributed by atoms with Gasteiger partial charge in [-0.05, 0) is 121 Å². The molecule has 5 saturated carbocycles. The molecule has 0 saturated heterocycles. The fraction of sp³-hybridized carbons (Fsp3) is 0.933. The SMILES string of the molecule is C=C(C)C1CCC2(C)CCC3(C)C(CC(O)C4C5(C)CCC(O)C(C)(C)C5CCC43C)C12. The fourth-order valence-corrected chi connectivity index (χ4v) is 11.5. The largest absolute Gasteiger partial charge is 0.393 e. The third-order valence-electron chi connectivity index (χ3n) is 13.4. The molecule has 2 heteroatoms. The van der Waals surface area contributed by atoms with Crippen molar-refractivity contribution in [3.63, 3.8) is 0 Å². The third kappa shape index (κ3) is 2.66. The first-order valence-corrected chi connectivity index (χ1v) is 13.7. The number of aliphatic hydroxyl groups is 2. The first-order chi connectivity index (χ1) is 14.7. The lowest BCUT2D eigenvalue weighted by Crippen LogP contribution is -2.69. The smallest absolute Gasteiger partial charge is 0.0594 e. The Bertz CT molecular complexity index is 801. The average Bonchev–Trinajstić information content (AvgIpc) is 3.05. The Morgan fingerprint density at radius 3 is 2.16 bits per heavy atom. The highest BCUT2D eigenvalue weighted by Crippen LogP contribution is 2.77. The molecule has 0 amide bonds. The van der Waals surface area contributed by atoms with E-state index in [1.165, 1.54) is 44.1 Å². The molecule has 5 rings (SSSR count). The molecule has 5 fully saturated rings. The van der Waals surface area contributed by atoms with E-state index in [9.17, 15) is 10.2 Å². The van der Waals surface area contributed by atoms with E-state index < -0.39 is 0 Å². The summed E-state index contributed by atoms with van der Waals surface area (Å²) in [5.74, 6) is 2.75. The maximum Gasteiger partial charge on any atom is 0.0594 e. The van der Waals surface area contributed by atoms with Gasteiger partial charge in [-0.15, -0.1) is 0 Å². The Morgan fingerprint density at radius 2 is 1.50 bits per heavy atom. The molecule has 0 spiro atoms. The van der Waals surface area contributed by atoms with Crippen LogP contribution < -0.4 is 0 Å². The van der Waals surface area contributed by atoms with Crippen LogP contribution in [0.5, 0.6) is 0 Å². The molecular weight excluding hydrogens is 392 g/mol. The van der Waals surface area contributed by atoms with Crippen molar-refractivity contribution in [3.05, 3.63) is 12.2 Å². The first-order valence-electron chi connectivity index (χ1n) is 13.7. The monoisotopic (exact) mass is 442 g/mol. The van der Waals surface area contributed by atoms with Gasteiger partial charge in [0.2, 0.25) is 0 Å². The van der Waals surface area contributed by atoms with Gasteiger partial charge in [-0.2, -0.15) is 0 Å². The van der Waals surface area contributed by atoms with Gasteiger partial charge in [0.05, 0.1) is 12.2 Å². The Balaban J connectivity index is 1.59. The van der Waals surface area contributed by atoms with Crippen LogP contribution in [0.15, 0.2) is 12.2 Å². The molecule has 0 radical (unpaired) electrons. The van der Waals surface area contributed by atoms with Gasteiger partial charge in [-0.1, -0.05) is 53.7 Å². The molecule has 0 aromatic carbocycles. The molecule has 0 aromatic heterocycles. The number of rotatable bonds is 1. The van der Waals surface area contributed by atoms with Gasteiger partial charge in [-0.3, -0.25) is 0 Å². The van der Waals surface area contributed by atoms with Crippen molar-refractivity contribution >= 4 is 0 Å². The fourth-order valence-electron chi connectivity index (χ4n) is 11.5. The topological polar surface area (TPSA) is 40.5 Å². The van der Waals surface area contributed by atoms with Crippen LogP contribution in [-0.2, 0) is 0 Å². The van der Waals surface area contributed by atoms with Crippen LogP contribution in [0.3, 0.4) is 0 Å². The van der Waals surface area contributed by atoms with E-state index in [2.05, 4.69) is 55.0 Å². The maximum absolute atomic E-state index is 12.0. The zero-order valence-electron chi connectivity index (χ0n) is 22.0. The van der Waals surface area contributed by atoms with Crippen molar-refractivity contribution in [2.45, 2.75) is 118 Å². The second-order valence-electron chi connectivity index (χ2n) is 14.9. The molecule has 2 N–H and O–H groups in total. The molecule has 0 aliphatic heterocycles. The van der Waals surface area contributed by atoms with Gasteiger partial charge < -0.3 is 10.2 Å². The van der Waals surface area contributed by atoms with Gasteiger partial charge in [0.1, 0.15) is 0 Å². The molecule has 5 aliphatic carbocycles. The number of hydrogen-bond acceptors (Lipinski definition) is 2. The standard InChI is InChI=1S/C30H50O2/c1-18(2)19-9-12-27(5)15-16-29(7)20(24(19)27)17-21(31)25-28(6)13-11-23(32)26(3,4)22(28)10-14-30(25,29)8/h19-25,31-32H,1,9-17H2,2-8H3. The average molecular weight is 443 g/mol. The Hall–Kier alpha value is -0.340. The molecule has 5 aliphatic rings. The van der Waals surface area contributed by atoms with Crippen molar-refractivity contribution in [2.24, 2.45) is 56.7 Å². The quantitative estimate of drug-likeness (QED) is 0.429. The van der Waals surface area contributed by atoms with E-state index in [1.54, 1.807) is 0 Å². The minimum atomic E-state index is -0.217. The maximum atomic E-state index is 12.0. The van der Waals surface area contributed by atoms with Gasteiger partial charge >= 0.3 is 0 Å². The van der Waals surface area contributed by atoms with Crippen molar-refractivity contribution in [3.8, 4) is 0 Å². The normalized spacial score (nSPS) is 58.8. The summed E-state index contributed by atoms with van der Waals surface area (Å²) in [6, 6.07) is 0. The summed E-state index contributed by atoms with van der Waals surface area (Å²) >= 11 is 0. The number of fused-ring (bicyclic) bond motifs is 7. The molecule has 182 valence electrons. The highest BCUT2D eigenvalue weighted by Gasteiger charge is 2.72. The van der Waals surface area contributed by atoms with Crippen LogP contribution in [0.2, 0.25) is 0 Å². The molecular formula is C30H50O2. The van der Waals surface area contributed by atoms with E-state index in [0.717, 1.165) is 19.3 Å². The van der Waals surface area contributed by atoms with E-state index >= 15 is 0 Å².